The summed E-state index contributed by atoms with van der Waals surface area (Å²) in [5.41, 5.74) is 2.42. The van der Waals surface area contributed by atoms with Crippen LogP contribution >= 0.6 is 11.3 Å². The van der Waals surface area contributed by atoms with Crippen molar-refractivity contribution in [2.45, 2.75) is 19.9 Å². The lowest BCUT2D eigenvalue weighted by molar-refractivity contribution is -0.142. The van der Waals surface area contributed by atoms with E-state index in [2.05, 4.69) is 16.4 Å². The molecule has 1 heterocycles. The molecule has 0 aliphatic heterocycles. The molecule has 0 fully saturated rings. The number of thiazole rings is 1. The zero-order valence-electron chi connectivity index (χ0n) is 11.6. The van der Waals surface area contributed by atoms with Crippen molar-refractivity contribution in [2.24, 2.45) is 0 Å². The molecular weight excluding hydrogens is 286 g/mol. The quantitative estimate of drug-likeness (QED) is 0.830. The van der Waals surface area contributed by atoms with Crippen molar-refractivity contribution in [2.75, 3.05) is 11.9 Å². The van der Waals surface area contributed by atoms with Gasteiger partial charge in [-0.2, -0.15) is 5.26 Å². The van der Waals surface area contributed by atoms with Crippen LogP contribution in [0.1, 0.15) is 23.7 Å². The first kappa shape index (κ1) is 15.0. The molecule has 0 amide bonds. The Morgan fingerprint density at radius 1 is 1.43 bits per heavy atom. The Morgan fingerprint density at radius 3 is 2.86 bits per heavy atom. The van der Waals surface area contributed by atoms with Gasteiger partial charge in [-0.3, -0.25) is 4.79 Å². The predicted octanol–water partition coefficient (Wildman–Crippen LogP) is 2.73. The number of carbonyl (C=O) groups is 1. The minimum absolute atomic E-state index is 0.197. The number of nitrogens with one attached hydrogen (secondary N) is 1. The van der Waals surface area contributed by atoms with E-state index in [0.717, 1.165) is 10.7 Å². The van der Waals surface area contributed by atoms with Crippen LogP contribution in [0.5, 0.6) is 0 Å². The highest BCUT2D eigenvalue weighted by Crippen LogP contribution is 2.17. The van der Waals surface area contributed by atoms with E-state index in [1.165, 1.54) is 11.3 Å². The molecule has 5 nitrogen and oxygen atoms in total. The average Bonchev–Trinajstić information content (AvgIpc) is 2.93. The number of esters is 1. The Kier molecular flexibility index (Phi) is 5.29. The number of rotatable bonds is 6. The summed E-state index contributed by atoms with van der Waals surface area (Å²) in [6.45, 7) is 2.79. The fourth-order valence-electron chi connectivity index (χ4n) is 1.70. The molecule has 0 aliphatic rings. The van der Waals surface area contributed by atoms with Gasteiger partial charge in [0, 0.05) is 11.9 Å². The van der Waals surface area contributed by atoms with Crippen LogP contribution in [0, 0.1) is 11.3 Å². The number of carbonyl (C=O) groups excluding carboxylic acids is 1. The van der Waals surface area contributed by atoms with Gasteiger partial charge in [0.05, 0.1) is 30.4 Å². The fourth-order valence-corrected chi connectivity index (χ4v) is 2.41. The summed E-state index contributed by atoms with van der Waals surface area (Å²) < 4.78 is 4.89. The zero-order valence-corrected chi connectivity index (χ0v) is 12.4. The predicted molar refractivity (Wildman–Crippen MR) is 80.9 cm³/mol. The summed E-state index contributed by atoms with van der Waals surface area (Å²) in [5, 5.41) is 14.5. The van der Waals surface area contributed by atoms with Gasteiger partial charge in [0.15, 0.2) is 5.13 Å². The smallest absolute Gasteiger partial charge is 0.311 e. The van der Waals surface area contributed by atoms with E-state index in [1.807, 2.05) is 17.5 Å². The van der Waals surface area contributed by atoms with Gasteiger partial charge in [-0.25, -0.2) is 4.98 Å². The molecule has 0 spiro atoms. The first-order chi connectivity index (χ1) is 10.2. The highest BCUT2D eigenvalue weighted by Gasteiger charge is 2.08. The lowest BCUT2D eigenvalue weighted by Crippen LogP contribution is -2.07. The van der Waals surface area contributed by atoms with Crippen LogP contribution in [0.25, 0.3) is 0 Å². The standard InChI is InChI=1S/C15H15N3O2S/c1-2-20-14(19)7-13-10-21-15(18-13)17-9-12-5-3-11(8-16)4-6-12/h3-6,10H,2,7,9H2,1H3,(H,17,18). The Labute approximate surface area is 127 Å². The summed E-state index contributed by atoms with van der Waals surface area (Å²) in [6.07, 6.45) is 0.197. The van der Waals surface area contributed by atoms with Crippen LogP contribution in [-0.4, -0.2) is 17.6 Å². The summed E-state index contributed by atoms with van der Waals surface area (Å²) in [4.78, 5) is 15.7. The van der Waals surface area contributed by atoms with E-state index in [0.29, 0.717) is 24.4 Å². The Bertz CT molecular complexity index is 644. The molecule has 21 heavy (non-hydrogen) atoms. The van der Waals surface area contributed by atoms with Crippen LogP contribution in [0.4, 0.5) is 5.13 Å². The topological polar surface area (TPSA) is 75.0 Å². The lowest BCUT2D eigenvalue weighted by Gasteiger charge is -2.02. The minimum Gasteiger partial charge on any atom is -0.466 e. The Morgan fingerprint density at radius 2 is 2.19 bits per heavy atom. The van der Waals surface area contributed by atoms with Crippen LogP contribution in [-0.2, 0) is 22.5 Å². The van der Waals surface area contributed by atoms with Crippen molar-refractivity contribution in [1.29, 1.82) is 5.26 Å². The molecule has 0 unspecified atom stereocenters. The summed E-state index contributed by atoms with van der Waals surface area (Å²) in [6, 6.07) is 9.45. The molecule has 0 bridgehead atoms. The van der Waals surface area contributed by atoms with Crippen molar-refractivity contribution in [3.05, 3.63) is 46.5 Å². The molecule has 1 aromatic carbocycles. The number of nitrogens with zero attached hydrogens (tertiary/aromatic N) is 2. The van der Waals surface area contributed by atoms with Gasteiger partial charge in [0.25, 0.3) is 0 Å². The molecule has 0 saturated heterocycles. The first-order valence-corrected chi connectivity index (χ1v) is 7.42. The van der Waals surface area contributed by atoms with Crippen LogP contribution in [0.15, 0.2) is 29.6 Å². The third-order valence-electron chi connectivity index (χ3n) is 2.71. The van der Waals surface area contributed by atoms with Gasteiger partial charge >= 0.3 is 5.97 Å². The van der Waals surface area contributed by atoms with Crippen molar-refractivity contribution in [1.82, 2.24) is 4.98 Å². The second kappa shape index (κ2) is 7.41. The van der Waals surface area contributed by atoms with Crippen molar-refractivity contribution >= 4 is 22.4 Å². The average molecular weight is 301 g/mol. The van der Waals surface area contributed by atoms with E-state index in [1.54, 1.807) is 19.1 Å². The van der Waals surface area contributed by atoms with E-state index in [4.69, 9.17) is 10.00 Å². The number of benzene rings is 1. The van der Waals surface area contributed by atoms with Gasteiger partial charge in [-0.1, -0.05) is 12.1 Å². The lowest BCUT2D eigenvalue weighted by atomic mass is 10.1. The largest absolute Gasteiger partial charge is 0.466 e. The minimum atomic E-state index is -0.263. The maximum atomic E-state index is 11.4. The third-order valence-corrected chi connectivity index (χ3v) is 3.56. The van der Waals surface area contributed by atoms with Crippen molar-refractivity contribution in [3.63, 3.8) is 0 Å². The van der Waals surface area contributed by atoms with E-state index < -0.39 is 0 Å². The number of ether oxygens (including phenoxy) is 1. The highest BCUT2D eigenvalue weighted by molar-refractivity contribution is 7.13. The zero-order chi connectivity index (χ0) is 15.1. The summed E-state index contributed by atoms with van der Waals surface area (Å²) in [7, 11) is 0. The number of hydrogen-bond donors (Lipinski definition) is 1. The number of hydrogen-bond acceptors (Lipinski definition) is 6. The molecule has 1 N–H and O–H groups in total. The normalized spacial score (nSPS) is 9.90. The maximum Gasteiger partial charge on any atom is 0.311 e. The fraction of sp³-hybridized carbons (Fsp3) is 0.267. The molecule has 0 aliphatic carbocycles. The molecule has 108 valence electrons. The molecule has 6 heteroatoms. The second-order valence-electron chi connectivity index (χ2n) is 4.29. The highest BCUT2D eigenvalue weighted by atomic mass is 32.1. The number of anilines is 1. The number of aromatic nitrogens is 1. The molecule has 2 aromatic rings. The monoisotopic (exact) mass is 301 g/mol. The summed E-state index contributed by atoms with van der Waals surface area (Å²) >= 11 is 1.45. The molecule has 2 rings (SSSR count). The van der Waals surface area contributed by atoms with Gasteiger partial charge in [-0.05, 0) is 24.6 Å². The van der Waals surface area contributed by atoms with Gasteiger partial charge < -0.3 is 10.1 Å². The van der Waals surface area contributed by atoms with E-state index in [-0.39, 0.29) is 12.4 Å². The SMILES string of the molecule is CCOC(=O)Cc1csc(NCc2ccc(C#N)cc2)n1. The number of nitriles is 1. The molecule has 0 saturated carbocycles. The molecule has 0 radical (unpaired) electrons. The molecular formula is C15H15N3O2S. The van der Waals surface area contributed by atoms with E-state index in [9.17, 15) is 4.79 Å². The molecule has 1 aromatic heterocycles. The second-order valence-corrected chi connectivity index (χ2v) is 5.15. The first-order valence-electron chi connectivity index (χ1n) is 6.54. The van der Waals surface area contributed by atoms with Gasteiger partial charge in [0.1, 0.15) is 0 Å². The van der Waals surface area contributed by atoms with Crippen LogP contribution in [0.3, 0.4) is 0 Å². The van der Waals surface area contributed by atoms with Crippen molar-refractivity contribution < 1.29 is 9.53 Å². The van der Waals surface area contributed by atoms with Gasteiger partial charge in [0.2, 0.25) is 0 Å². The van der Waals surface area contributed by atoms with Crippen molar-refractivity contribution in [3.8, 4) is 6.07 Å². The van der Waals surface area contributed by atoms with E-state index >= 15 is 0 Å². The Hall–Kier alpha value is -2.39. The molecule has 0 atom stereocenters. The maximum absolute atomic E-state index is 11.4. The third kappa shape index (κ3) is 4.58. The summed E-state index contributed by atoms with van der Waals surface area (Å²) in [5.74, 6) is -0.263. The van der Waals surface area contributed by atoms with Gasteiger partial charge in [-0.15, -0.1) is 11.3 Å². The Balaban J connectivity index is 1.87. The van der Waals surface area contributed by atoms with Crippen LogP contribution < -0.4 is 5.32 Å². The van der Waals surface area contributed by atoms with Crippen LogP contribution in [0.2, 0.25) is 0 Å².